The molecule has 0 spiro atoms. The SMILES string of the molecule is CCCNCC(=Cc1ccc(-c2ccc(F)cc2)s1)CC. The summed E-state index contributed by atoms with van der Waals surface area (Å²) in [6.07, 6.45) is 4.48. The molecule has 1 nitrogen and oxygen atoms in total. The summed E-state index contributed by atoms with van der Waals surface area (Å²) in [5, 5.41) is 3.45. The van der Waals surface area contributed by atoms with E-state index in [2.05, 4.69) is 37.4 Å². The van der Waals surface area contributed by atoms with Crippen molar-refractivity contribution < 1.29 is 4.39 Å². The average molecular weight is 303 g/mol. The zero-order valence-electron chi connectivity index (χ0n) is 12.7. The summed E-state index contributed by atoms with van der Waals surface area (Å²) in [6, 6.07) is 10.9. The molecule has 0 atom stereocenters. The molecule has 1 aromatic heterocycles. The fourth-order valence-electron chi connectivity index (χ4n) is 2.10. The molecule has 1 aromatic carbocycles. The number of halogens is 1. The monoisotopic (exact) mass is 303 g/mol. The van der Waals surface area contributed by atoms with Crippen LogP contribution in [0.15, 0.2) is 42.0 Å². The summed E-state index contributed by atoms with van der Waals surface area (Å²) in [7, 11) is 0. The molecule has 0 radical (unpaired) electrons. The molecule has 0 aliphatic rings. The summed E-state index contributed by atoms with van der Waals surface area (Å²) in [5.41, 5.74) is 2.49. The van der Waals surface area contributed by atoms with Gasteiger partial charge in [-0.05, 0) is 55.3 Å². The maximum atomic E-state index is 13.0. The van der Waals surface area contributed by atoms with Gasteiger partial charge in [-0.25, -0.2) is 4.39 Å². The minimum Gasteiger partial charge on any atom is -0.313 e. The van der Waals surface area contributed by atoms with Crippen LogP contribution in [0.1, 0.15) is 31.6 Å². The van der Waals surface area contributed by atoms with Crippen molar-refractivity contribution in [1.82, 2.24) is 5.32 Å². The largest absolute Gasteiger partial charge is 0.313 e. The summed E-state index contributed by atoms with van der Waals surface area (Å²) < 4.78 is 13.0. The van der Waals surface area contributed by atoms with Gasteiger partial charge in [-0.2, -0.15) is 0 Å². The molecule has 0 saturated heterocycles. The van der Waals surface area contributed by atoms with E-state index in [-0.39, 0.29) is 5.82 Å². The molecular formula is C18H22FNS. The second-order valence-corrected chi connectivity index (χ2v) is 6.16. The van der Waals surface area contributed by atoms with Crippen molar-refractivity contribution in [3.05, 3.63) is 52.7 Å². The van der Waals surface area contributed by atoms with Crippen molar-refractivity contribution in [2.45, 2.75) is 26.7 Å². The Morgan fingerprint density at radius 1 is 1.14 bits per heavy atom. The average Bonchev–Trinajstić information content (AvgIpc) is 2.95. The van der Waals surface area contributed by atoms with E-state index in [1.165, 1.54) is 27.5 Å². The Balaban J connectivity index is 2.09. The fourth-order valence-corrected chi connectivity index (χ4v) is 3.11. The molecule has 1 heterocycles. The van der Waals surface area contributed by atoms with Crippen LogP contribution in [0.4, 0.5) is 4.39 Å². The normalized spacial score (nSPS) is 11.9. The van der Waals surface area contributed by atoms with Crippen LogP contribution in [0.25, 0.3) is 16.5 Å². The first-order chi connectivity index (χ1) is 10.2. The summed E-state index contributed by atoms with van der Waals surface area (Å²) >= 11 is 1.75. The zero-order valence-corrected chi connectivity index (χ0v) is 13.5. The lowest BCUT2D eigenvalue weighted by atomic mass is 10.1. The van der Waals surface area contributed by atoms with Crippen LogP contribution in [0.3, 0.4) is 0 Å². The lowest BCUT2D eigenvalue weighted by Crippen LogP contribution is -2.17. The first kappa shape index (κ1) is 15.9. The van der Waals surface area contributed by atoms with Crippen LogP contribution in [0.2, 0.25) is 0 Å². The van der Waals surface area contributed by atoms with E-state index in [0.29, 0.717) is 0 Å². The second-order valence-electron chi connectivity index (χ2n) is 5.04. The van der Waals surface area contributed by atoms with Crippen molar-refractivity contribution in [2.24, 2.45) is 0 Å². The van der Waals surface area contributed by atoms with Crippen LogP contribution in [0.5, 0.6) is 0 Å². The Bertz CT molecular complexity index is 584. The quantitative estimate of drug-likeness (QED) is 0.680. The molecule has 0 aliphatic carbocycles. The van der Waals surface area contributed by atoms with E-state index < -0.39 is 0 Å². The van der Waals surface area contributed by atoms with E-state index >= 15 is 0 Å². The Morgan fingerprint density at radius 2 is 1.90 bits per heavy atom. The van der Waals surface area contributed by atoms with Gasteiger partial charge in [0.25, 0.3) is 0 Å². The van der Waals surface area contributed by atoms with Gasteiger partial charge < -0.3 is 5.32 Å². The van der Waals surface area contributed by atoms with Gasteiger partial charge in [0.2, 0.25) is 0 Å². The minimum atomic E-state index is -0.189. The summed E-state index contributed by atoms with van der Waals surface area (Å²) in [5.74, 6) is -0.189. The van der Waals surface area contributed by atoms with E-state index in [1.807, 2.05) is 12.1 Å². The molecule has 3 heteroatoms. The van der Waals surface area contributed by atoms with Gasteiger partial charge in [0.15, 0.2) is 0 Å². The summed E-state index contributed by atoms with van der Waals surface area (Å²) in [6.45, 7) is 6.38. The van der Waals surface area contributed by atoms with Crippen LogP contribution in [0, 0.1) is 5.82 Å². The van der Waals surface area contributed by atoms with Crippen LogP contribution >= 0.6 is 11.3 Å². The molecule has 0 aliphatic heterocycles. The van der Waals surface area contributed by atoms with Gasteiger partial charge in [0, 0.05) is 16.3 Å². The zero-order chi connectivity index (χ0) is 15.1. The predicted octanol–water partition coefficient (Wildman–Crippen LogP) is 5.35. The summed E-state index contributed by atoms with van der Waals surface area (Å²) in [4.78, 5) is 2.43. The Hall–Kier alpha value is -1.45. The highest BCUT2D eigenvalue weighted by molar-refractivity contribution is 7.16. The van der Waals surface area contributed by atoms with Crippen molar-refractivity contribution in [3.63, 3.8) is 0 Å². The molecule has 21 heavy (non-hydrogen) atoms. The molecule has 2 aromatic rings. The van der Waals surface area contributed by atoms with Crippen LogP contribution in [-0.2, 0) is 0 Å². The maximum Gasteiger partial charge on any atom is 0.123 e. The van der Waals surface area contributed by atoms with Gasteiger partial charge in [-0.1, -0.05) is 31.6 Å². The molecule has 0 unspecified atom stereocenters. The van der Waals surface area contributed by atoms with Gasteiger partial charge in [-0.3, -0.25) is 0 Å². The lowest BCUT2D eigenvalue weighted by Gasteiger charge is -2.05. The Kier molecular flexibility index (Phi) is 6.15. The topological polar surface area (TPSA) is 12.0 Å². The number of thiophene rings is 1. The molecule has 0 fully saturated rings. The van der Waals surface area contributed by atoms with E-state index in [4.69, 9.17) is 0 Å². The van der Waals surface area contributed by atoms with Gasteiger partial charge in [0.05, 0.1) is 0 Å². The highest BCUT2D eigenvalue weighted by Gasteiger charge is 2.03. The lowest BCUT2D eigenvalue weighted by molar-refractivity contribution is 0.628. The van der Waals surface area contributed by atoms with Crippen molar-refractivity contribution >= 4 is 17.4 Å². The van der Waals surface area contributed by atoms with E-state index in [1.54, 1.807) is 11.3 Å². The molecule has 0 saturated carbocycles. The number of hydrogen-bond donors (Lipinski definition) is 1. The van der Waals surface area contributed by atoms with Gasteiger partial charge in [-0.15, -0.1) is 11.3 Å². The predicted molar refractivity (Wildman–Crippen MR) is 91.1 cm³/mol. The smallest absolute Gasteiger partial charge is 0.123 e. The third-order valence-corrected chi connectivity index (χ3v) is 4.42. The van der Waals surface area contributed by atoms with Crippen molar-refractivity contribution in [1.29, 1.82) is 0 Å². The van der Waals surface area contributed by atoms with Crippen molar-refractivity contribution in [2.75, 3.05) is 13.1 Å². The molecular weight excluding hydrogens is 281 g/mol. The highest BCUT2D eigenvalue weighted by atomic mass is 32.1. The number of rotatable bonds is 7. The number of nitrogens with one attached hydrogen (secondary N) is 1. The van der Waals surface area contributed by atoms with Gasteiger partial charge in [0.1, 0.15) is 5.82 Å². The highest BCUT2D eigenvalue weighted by Crippen LogP contribution is 2.29. The number of benzene rings is 1. The van der Waals surface area contributed by atoms with E-state index in [0.717, 1.165) is 31.5 Å². The third kappa shape index (κ3) is 4.80. The first-order valence-electron chi connectivity index (χ1n) is 7.49. The molecule has 112 valence electrons. The molecule has 0 amide bonds. The fraction of sp³-hybridized carbons (Fsp3) is 0.333. The molecule has 0 bridgehead atoms. The van der Waals surface area contributed by atoms with Crippen LogP contribution in [-0.4, -0.2) is 13.1 Å². The number of hydrogen-bond acceptors (Lipinski definition) is 2. The maximum absolute atomic E-state index is 13.0. The van der Waals surface area contributed by atoms with E-state index in [9.17, 15) is 4.39 Å². The van der Waals surface area contributed by atoms with Gasteiger partial charge >= 0.3 is 0 Å². The van der Waals surface area contributed by atoms with Crippen molar-refractivity contribution in [3.8, 4) is 10.4 Å². The Labute approximate surface area is 130 Å². The Morgan fingerprint density at radius 3 is 2.57 bits per heavy atom. The van der Waals surface area contributed by atoms with Crippen LogP contribution < -0.4 is 5.32 Å². The molecule has 1 N–H and O–H groups in total. The third-order valence-electron chi connectivity index (χ3n) is 3.33. The standard InChI is InChI=1S/C18H22FNS/c1-3-11-20-13-14(4-2)12-17-9-10-18(21-17)15-5-7-16(19)8-6-15/h5-10,12,20H,3-4,11,13H2,1-2H3. The second kappa shape index (κ2) is 8.11. The minimum absolute atomic E-state index is 0.189. The molecule has 2 rings (SSSR count). The first-order valence-corrected chi connectivity index (χ1v) is 8.30.